The third kappa shape index (κ3) is 5.41. The number of hydrogen-bond acceptors (Lipinski definition) is 5. The molecular formula is C22H31NO4S. The third-order valence-corrected chi connectivity index (χ3v) is 5.71. The Hall–Kier alpha value is -2.21. The van der Waals surface area contributed by atoms with E-state index in [1.54, 1.807) is 21.3 Å². The van der Waals surface area contributed by atoms with Crippen LogP contribution in [-0.4, -0.2) is 33.3 Å². The standard InChI is InChI=1S/C22H31NO4S/c1-14(2)8-7-9-15(3)23-22(24)19-13-12-18(28-19)16-10-11-17(25-4)21(27-6)20(16)26-5/h10-15H,7-9H2,1-6H3,(H,23,24)/t15-/m1/s1. The highest BCUT2D eigenvalue weighted by molar-refractivity contribution is 7.17. The highest BCUT2D eigenvalue weighted by atomic mass is 32.1. The van der Waals surface area contributed by atoms with Gasteiger partial charge in [0, 0.05) is 16.5 Å². The molecular weight excluding hydrogens is 374 g/mol. The van der Waals surface area contributed by atoms with Crippen molar-refractivity contribution in [2.24, 2.45) is 5.92 Å². The van der Waals surface area contributed by atoms with Crippen molar-refractivity contribution >= 4 is 17.2 Å². The average molecular weight is 406 g/mol. The van der Waals surface area contributed by atoms with Gasteiger partial charge in [0.2, 0.25) is 5.75 Å². The highest BCUT2D eigenvalue weighted by Crippen LogP contribution is 2.45. The molecule has 0 saturated carbocycles. The molecule has 0 unspecified atom stereocenters. The number of amides is 1. The van der Waals surface area contributed by atoms with Crippen LogP contribution in [0.1, 0.15) is 49.7 Å². The number of ether oxygens (including phenoxy) is 3. The van der Waals surface area contributed by atoms with Gasteiger partial charge in [-0.15, -0.1) is 11.3 Å². The zero-order chi connectivity index (χ0) is 20.7. The Kier molecular flexibility index (Phi) is 8.18. The summed E-state index contributed by atoms with van der Waals surface area (Å²) >= 11 is 1.44. The zero-order valence-electron chi connectivity index (χ0n) is 17.6. The minimum Gasteiger partial charge on any atom is -0.493 e. The Morgan fingerprint density at radius 2 is 1.68 bits per heavy atom. The van der Waals surface area contributed by atoms with Crippen LogP contribution in [-0.2, 0) is 0 Å². The molecule has 0 spiro atoms. The molecule has 5 nitrogen and oxygen atoms in total. The smallest absolute Gasteiger partial charge is 0.261 e. The first-order valence-corrected chi connectivity index (χ1v) is 10.4. The molecule has 1 N–H and O–H groups in total. The quantitative estimate of drug-likeness (QED) is 0.576. The van der Waals surface area contributed by atoms with E-state index in [4.69, 9.17) is 14.2 Å². The number of rotatable bonds is 10. The summed E-state index contributed by atoms with van der Waals surface area (Å²) in [5, 5.41) is 3.10. The Bertz CT molecular complexity index is 785. The molecule has 1 heterocycles. The van der Waals surface area contributed by atoms with Gasteiger partial charge in [0.1, 0.15) is 0 Å². The number of nitrogens with one attached hydrogen (secondary N) is 1. The summed E-state index contributed by atoms with van der Waals surface area (Å²) in [6.45, 7) is 6.50. The van der Waals surface area contributed by atoms with Crippen molar-refractivity contribution in [1.82, 2.24) is 5.32 Å². The number of carbonyl (C=O) groups excluding carboxylic acids is 1. The van der Waals surface area contributed by atoms with Gasteiger partial charge < -0.3 is 19.5 Å². The second kappa shape index (κ2) is 10.4. The van der Waals surface area contributed by atoms with E-state index in [-0.39, 0.29) is 11.9 Å². The van der Waals surface area contributed by atoms with Gasteiger partial charge in [0.15, 0.2) is 11.5 Å². The third-order valence-electron chi connectivity index (χ3n) is 4.60. The van der Waals surface area contributed by atoms with Gasteiger partial charge in [0.25, 0.3) is 5.91 Å². The van der Waals surface area contributed by atoms with Crippen molar-refractivity contribution in [2.45, 2.75) is 46.1 Å². The lowest BCUT2D eigenvalue weighted by Gasteiger charge is -2.15. The number of methoxy groups -OCH3 is 3. The second-order valence-electron chi connectivity index (χ2n) is 7.25. The lowest BCUT2D eigenvalue weighted by molar-refractivity contribution is 0.0942. The fourth-order valence-electron chi connectivity index (χ4n) is 3.10. The summed E-state index contributed by atoms with van der Waals surface area (Å²) in [5.74, 6) is 2.40. The van der Waals surface area contributed by atoms with Gasteiger partial charge in [0.05, 0.1) is 26.2 Å². The summed E-state index contributed by atoms with van der Waals surface area (Å²) in [5.41, 5.74) is 0.870. The summed E-state index contributed by atoms with van der Waals surface area (Å²) in [4.78, 5) is 14.2. The Morgan fingerprint density at radius 1 is 0.964 bits per heavy atom. The van der Waals surface area contributed by atoms with E-state index in [0.29, 0.717) is 28.0 Å². The number of benzene rings is 1. The topological polar surface area (TPSA) is 56.8 Å². The van der Waals surface area contributed by atoms with Crippen molar-refractivity contribution in [3.8, 4) is 27.7 Å². The van der Waals surface area contributed by atoms with Crippen molar-refractivity contribution < 1.29 is 19.0 Å². The van der Waals surface area contributed by atoms with Gasteiger partial charge in [-0.3, -0.25) is 4.79 Å². The van der Waals surface area contributed by atoms with Crippen LogP contribution >= 0.6 is 11.3 Å². The summed E-state index contributed by atoms with van der Waals surface area (Å²) in [6, 6.07) is 7.71. The lowest BCUT2D eigenvalue weighted by atomic mass is 10.0. The van der Waals surface area contributed by atoms with Crippen molar-refractivity contribution in [3.63, 3.8) is 0 Å². The Morgan fingerprint density at radius 3 is 2.29 bits per heavy atom. The molecule has 0 bridgehead atoms. The molecule has 154 valence electrons. The van der Waals surface area contributed by atoms with Crippen LogP contribution < -0.4 is 19.5 Å². The first-order valence-electron chi connectivity index (χ1n) is 9.61. The predicted molar refractivity (Wildman–Crippen MR) is 115 cm³/mol. The van der Waals surface area contributed by atoms with E-state index in [1.807, 2.05) is 24.3 Å². The minimum atomic E-state index is -0.0345. The molecule has 0 aliphatic carbocycles. The summed E-state index contributed by atoms with van der Waals surface area (Å²) in [7, 11) is 4.77. The molecule has 0 radical (unpaired) electrons. The molecule has 6 heteroatoms. The van der Waals surface area contributed by atoms with Crippen LogP contribution in [0, 0.1) is 5.92 Å². The monoisotopic (exact) mass is 405 g/mol. The van der Waals surface area contributed by atoms with Crippen molar-refractivity contribution in [1.29, 1.82) is 0 Å². The van der Waals surface area contributed by atoms with E-state index in [1.165, 1.54) is 17.8 Å². The fourth-order valence-corrected chi connectivity index (χ4v) is 4.03. The Balaban J connectivity index is 2.14. The molecule has 1 aromatic heterocycles. The van der Waals surface area contributed by atoms with E-state index in [0.717, 1.165) is 23.3 Å². The summed E-state index contributed by atoms with van der Waals surface area (Å²) in [6.07, 6.45) is 3.30. The SMILES string of the molecule is COc1ccc(-c2ccc(C(=O)N[C@H](C)CCCC(C)C)s2)c(OC)c1OC. The maximum Gasteiger partial charge on any atom is 0.261 e. The molecule has 0 saturated heterocycles. The van der Waals surface area contributed by atoms with E-state index >= 15 is 0 Å². The van der Waals surface area contributed by atoms with E-state index in [2.05, 4.69) is 26.1 Å². The molecule has 2 aromatic rings. The van der Waals surface area contributed by atoms with Crippen LogP contribution in [0.2, 0.25) is 0 Å². The number of carbonyl (C=O) groups is 1. The molecule has 0 aliphatic heterocycles. The highest BCUT2D eigenvalue weighted by Gasteiger charge is 2.20. The van der Waals surface area contributed by atoms with E-state index in [9.17, 15) is 4.79 Å². The van der Waals surface area contributed by atoms with Crippen LogP contribution in [0.3, 0.4) is 0 Å². The minimum absolute atomic E-state index is 0.0345. The first kappa shape index (κ1) is 22.1. The van der Waals surface area contributed by atoms with Crippen LogP contribution in [0.15, 0.2) is 24.3 Å². The van der Waals surface area contributed by atoms with Gasteiger partial charge >= 0.3 is 0 Å². The molecule has 2 rings (SSSR count). The van der Waals surface area contributed by atoms with Crippen LogP contribution in [0.25, 0.3) is 10.4 Å². The molecule has 1 atom stereocenters. The second-order valence-corrected chi connectivity index (χ2v) is 8.33. The largest absolute Gasteiger partial charge is 0.493 e. The Labute approximate surface area is 172 Å². The zero-order valence-corrected chi connectivity index (χ0v) is 18.4. The fraction of sp³-hybridized carbons (Fsp3) is 0.500. The lowest BCUT2D eigenvalue weighted by Crippen LogP contribution is -2.31. The van der Waals surface area contributed by atoms with Gasteiger partial charge in [-0.25, -0.2) is 0 Å². The molecule has 1 amide bonds. The maximum absolute atomic E-state index is 12.6. The predicted octanol–water partition coefficient (Wildman–Crippen LogP) is 5.39. The molecule has 0 fully saturated rings. The average Bonchev–Trinajstić information content (AvgIpc) is 3.16. The number of thiophene rings is 1. The molecule has 28 heavy (non-hydrogen) atoms. The first-order chi connectivity index (χ1) is 13.4. The van der Waals surface area contributed by atoms with Crippen LogP contribution in [0.5, 0.6) is 17.2 Å². The molecule has 0 aliphatic rings. The van der Waals surface area contributed by atoms with Crippen LogP contribution in [0.4, 0.5) is 0 Å². The summed E-state index contributed by atoms with van der Waals surface area (Å²) < 4.78 is 16.4. The van der Waals surface area contributed by atoms with Crippen molar-refractivity contribution in [3.05, 3.63) is 29.1 Å². The number of hydrogen-bond donors (Lipinski definition) is 1. The molecule has 1 aromatic carbocycles. The van der Waals surface area contributed by atoms with Gasteiger partial charge in [-0.1, -0.05) is 26.7 Å². The van der Waals surface area contributed by atoms with Gasteiger partial charge in [-0.2, -0.15) is 0 Å². The maximum atomic E-state index is 12.6. The van der Waals surface area contributed by atoms with Crippen molar-refractivity contribution in [2.75, 3.05) is 21.3 Å². The normalized spacial score (nSPS) is 12.0. The van der Waals surface area contributed by atoms with E-state index < -0.39 is 0 Å². The van der Waals surface area contributed by atoms with Gasteiger partial charge in [-0.05, 0) is 43.5 Å².